The number of benzene rings is 2. The lowest BCUT2D eigenvalue weighted by Gasteiger charge is -2.34. The van der Waals surface area contributed by atoms with E-state index in [9.17, 15) is 13.2 Å². The number of hydrogen-bond acceptors (Lipinski definition) is 4. The Labute approximate surface area is 161 Å². The molecule has 0 bridgehead atoms. The van der Waals surface area contributed by atoms with Crippen molar-refractivity contribution in [3.05, 3.63) is 58.1 Å². The molecule has 0 aliphatic carbocycles. The molecule has 2 aromatic rings. The first-order valence-electron chi connectivity index (χ1n) is 8.15. The van der Waals surface area contributed by atoms with E-state index in [-0.39, 0.29) is 23.6 Å². The Balaban J connectivity index is 2.11. The fourth-order valence-electron chi connectivity index (χ4n) is 3.08. The van der Waals surface area contributed by atoms with Gasteiger partial charge in [-0.15, -0.1) is 0 Å². The van der Waals surface area contributed by atoms with Gasteiger partial charge in [-0.05, 0) is 42.7 Å². The van der Waals surface area contributed by atoms with E-state index in [0.29, 0.717) is 11.1 Å². The molecule has 8 heteroatoms. The van der Waals surface area contributed by atoms with Crippen LogP contribution in [0.15, 0.2) is 51.8 Å². The first-order chi connectivity index (χ1) is 12.3. The Morgan fingerprint density at radius 1 is 1.27 bits per heavy atom. The quantitative estimate of drug-likeness (QED) is 0.775. The molecule has 0 fully saturated rings. The number of rotatable bonds is 5. The predicted octanol–water partition coefficient (Wildman–Crippen LogP) is 2.45. The molecule has 6 nitrogen and oxygen atoms in total. The van der Waals surface area contributed by atoms with Crippen LogP contribution in [0.25, 0.3) is 0 Å². The molecule has 1 atom stereocenters. The van der Waals surface area contributed by atoms with Gasteiger partial charge in [-0.2, -0.15) is 4.31 Å². The molecule has 0 aromatic heterocycles. The first-order valence-corrected chi connectivity index (χ1v) is 10.4. The molecular weight excluding hydrogens is 420 g/mol. The standard InChI is InChI=1S/C18H19BrN2O4S/c1-2-25-16-8-7-14(19)10-17(16)26(23,24)21-11-13-6-4-3-5-12(13)9-15(21)18(20)22/h3-8,10,15H,2,9,11H2,1H3,(H2,20,22)/t15-/m1/s1. The topological polar surface area (TPSA) is 89.7 Å². The fourth-order valence-corrected chi connectivity index (χ4v) is 5.32. The SMILES string of the molecule is CCOc1ccc(Br)cc1S(=O)(=O)N1Cc2ccccc2C[C@@H]1C(N)=O. The number of nitrogens with two attached hydrogens (primary N) is 1. The van der Waals surface area contributed by atoms with Crippen LogP contribution in [0.5, 0.6) is 5.75 Å². The highest BCUT2D eigenvalue weighted by molar-refractivity contribution is 9.10. The van der Waals surface area contributed by atoms with Crippen LogP contribution in [0.1, 0.15) is 18.1 Å². The average Bonchev–Trinajstić information content (AvgIpc) is 2.62. The Bertz CT molecular complexity index is 946. The normalized spacial score (nSPS) is 17.5. The van der Waals surface area contributed by atoms with Gasteiger partial charge in [-0.3, -0.25) is 4.79 Å². The number of halogens is 1. The van der Waals surface area contributed by atoms with Crippen LogP contribution < -0.4 is 10.5 Å². The molecule has 26 heavy (non-hydrogen) atoms. The summed E-state index contributed by atoms with van der Waals surface area (Å²) in [5, 5.41) is 0. The summed E-state index contributed by atoms with van der Waals surface area (Å²) in [5.41, 5.74) is 7.33. The Hall–Kier alpha value is -1.90. The number of nitrogens with zero attached hydrogens (tertiary/aromatic N) is 1. The molecular formula is C18H19BrN2O4S. The van der Waals surface area contributed by atoms with Gasteiger partial charge >= 0.3 is 0 Å². The maximum Gasteiger partial charge on any atom is 0.247 e. The van der Waals surface area contributed by atoms with Crippen molar-refractivity contribution in [2.45, 2.75) is 30.8 Å². The number of primary amides is 1. The van der Waals surface area contributed by atoms with E-state index in [4.69, 9.17) is 10.5 Å². The highest BCUT2D eigenvalue weighted by atomic mass is 79.9. The zero-order valence-electron chi connectivity index (χ0n) is 14.2. The van der Waals surface area contributed by atoms with Crippen molar-refractivity contribution in [1.29, 1.82) is 0 Å². The van der Waals surface area contributed by atoms with Gasteiger partial charge in [0.1, 0.15) is 16.7 Å². The van der Waals surface area contributed by atoms with E-state index in [1.807, 2.05) is 24.3 Å². The van der Waals surface area contributed by atoms with E-state index in [1.54, 1.807) is 19.1 Å². The molecule has 1 amide bonds. The molecule has 1 aliphatic heterocycles. The first kappa shape index (κ1) is 18.9. The summed E-state index contributed by atoms with van der Waals surface area (Å²) in [6, 6.07) is 11.3. The molecule has 1 heterocycles. The van der Waals surface area contributed by atoms with Crippen molar-refractivity contribution in [1.82, 2.24) is 4.31 Å². The maximum absolute atomic E-state index is 13.4. The van der Waals surface area contributed by atoms with Crippen LogP contribution in [-0.2, 0) is 27.8 Å². The van der Waals surface area contributed by atoms with Crippen molar-refractivity contribution in [2.24, 2.45) is 5.73 Å². The minimum absolute atomic E-state index is 0.0133. The average molecular weight is 439 g/mol. The number of carbonyl (C=O) groups excluding carboxylic acids is 1. The zero-order valence-corrected chi connectivity index (χ0v) is 16.6. The van der Waals surface area contributed by atoms with Crippen LogP contribution in [0, 0.1) is 0 Å². The second kappa shape index (κ2) is 7.38. The number of fused-ring (bicyclic) bond motifs is 1. The minimum atomic E-state index is -4.00. The lowest BCUT2D eigenvalue weighted by molar-refractivity contribution is -0.122. The molecule has 0 saturated heterocycles. The minimum Gasteiger partial charge on any atom is -0.492 e. The summed E-state index contributed by atoms with van der Waals surface area (Å²) in [5.74, 6) is -0.422. The second-order valence-electron chi connectivity index (χ2n) is 5.97. The third kappa shape index (κ3) is 3.49. The highest BCUT2D eigenvalue weighted by Crippen LogP contribution is 2.34. The van der Waals surface area contributed by atoms with E-state index in [0.717, 1.165) is 11.1 Å². The van der Waals surface area contributed by atoms with Gasteiger partial charge in [0, 0.05) is 11.0 Å². The molecule has 138 valence electrons. The van der Waals surface area contributed by atoms with Gasteiger partial charge < -0.3 is 10.5 Å². The van der Waals surface area contributed by atoms with Crippen molar-refractivity contribution in [3.63, 3.8) is 0 Å². The monoisotopic (exact) mass is 438 g/mol. The van der Waals surface area contributed by atoms with E-state index in [1.165, 1.54) is 10.4 Å². The van der Waals surface area contributed by atoms with Crippen molar-refractivity contribution < 1.29 is 17.9 Å². The molecule has 1 aliphatic rings. The third-order valence-corrected chi connectivity index (χ3v) is 6.70. The maximum atomic E-state index is 13.4. The molecule has 0 unspecified atom stereocenters. The zero-order chi connectivity index (χ0) is 18.9. The Kier molecular flexibility index (Phi) is 5.36. The van der Waals surface area contributed by atoms with Gasteiger partial charge in [0.2, 0.25) is 15.9 Å². The summed E-state index contributed by atoms with van der Waals surface area (Å²) in [6.07, 6.45) is 0.253. The van der Waals surface area contributed by atoms with Gasteiger partial charge in [-0.25, -0.2) is 8.42 Å². The smallest absolute Gasteiger partial charge is 0.247 e. The van der Waals surface area contributed by atoms with Crippen LogP contribution >= 0.6 is 15.9 Å². The third-order valence-electron chi connectivity index (χ3n) is 4.33. The van der Waals surface area contributed by atoms with E-state index < -0.39 is 22.0 Å². The largest absolute Gasteiger partial charge is 0.492 e. The van der Waals surface area contributed by atoms with Crippen molar-refractivity contribution in [2.75, 3.05) is 6.61 Å². The van der Waals surface area contributed by atoms with Crippen molar-refractivity contribution in [3.8, 4) is 5.75 Å². The van der Waals surface area contributed by atoms with Crippen molar-refractivity contribution >= 4 is 31.9 Å². The van der Waals surface area contributed by atoms with Gasteiger partial charge in [0.25, 0.3) is 0 Å². The Morgan fingerprint density at radius 2 is 1.96 bits per heavy atom. The van der Waals surface area contributed by atoms with Gasteiger partial charge in [0.15, 0.2) is 0 Å². The number of carbonyl (C=O) groups is 1. The Morgan fingerprint density at radius 3 is 2.62 bits per heavy atom. The van der Waals surface area contributed by atoms with Crippen LogP contribution in [-0.4, -0.2) is 31.3 Å². The number of amides is 1. The predicted molar refractivity (Wildman–Crippen MR) is 101 cm³/mol. The molecule has 0 radical (unpaired) electrons. The van der Waals surface area contributed by atoms with Gasteiger partial charge in [0.05, 0.1) is 6.61 Å². The van der Waals surface area contributed by atoms with Crippen LogP contribution in [0.4, 0.5) is 0 Å². The second-order valence-corrected chi connectivity index (χ2v) is 8.74. The number of hydrogen-bond donors (Lipinski definition) is 1. The lowest BCUT2D eigenvalue weighted by atomic mass is 9.96. The summed E-state index contributed by atoms with van der Waals surface area (Å²) in [6.45, 7) is 2.19. The highest BCUT2D eigenvalue weighted by Gasteiger charge is 2.39. The molecule has 2 aromatic carbocycles. The molecule has 2 N–H and O–H groups in total. The summed E-state index contributed by atoms with van der Waals surface area (Å²) < 4.78 is 34.0. The molecule has 0 saturated carbocycles. The number of sulfonamides is 1. The summed E-state index contributed by atoms with van der Waals surface area (Å²) >= 11 is 3.30. The van der Waals surface area contributed by atoms with Crippen LogP contribution in [0.2, 0.25) is 0 Å². The summed E-state index contributed by atoms with van der Waals surface area (Å²) in [7, 11) is -4.00. The molecule has 3 rings (SSSR count). The fraction of sp³-hybridized carbons (Fsp3) is 0.278. The van der Waals surface area contributed by atoms with E-state index >= 15 is 0 Å². The van der Waals surface area contributed by atoms with E-state index in [2.05, 4.69) is 15.9 Å². The lowest BCUT2D eigenvalue weighted by Crippen LogP contribution is -2.51. The summed E-state index contributed by atoms with van der Waals surface area (Å²) in [4.78, 5) is 12.0. The van der Waals surface area contributed by atoms with Crippen LogP contribution in [0.3, 0.4) is 0 Å². The molecule has 0 spiro atoms. The number of ether oxygens (including phenoxy) is 1. The van der Waals surface area contributed by atoms with Gasteiger partial charge in [-0.1, -0.05) is 40.2 Å².